The molecule has 0 fully saturated rings. The summed E-state index contributed by atoms with van der Waals surface area (Å²) in [6, 6.07) is 5.84. The Balaban J connectivity index is 2.11. The monoisotopic (exact) mass is 254 g/mol. The quantitative estimate of drug-likeness (QED) is 0.774. The minimum atomic E-state index is 0.568. The molecular formula is C14H14N4O. The smallest absolute Gasteiger partial charge is 0.181 e. The Morgan fingerprint density at radius 3 is 3.00 bits per heavy atom. The van der Waals surface area contributed by atoms with E-state index in [1.807, 2.05) is 25.1 Å². The van der Waals surface area contributed by atoms with E-state index in [1.54, 1.807) is 6.20 Å². The molecule has 3 rings (SSSR count). The van der Waals surface area contributed by atoms with Crippen LogP contribution in [0.2, 0.25) is 0 Å². The zero-order valence-electron chi connectivity index (χ0n) is 10.6. The van der Waals surface area contributed by atoms with Crippen LogP contribution < -0.4 is 5.73 Å². The summed E-state index contributed by atoms with van der Waals surface area (Å²) in [4.78, 5) is 13.1. The molecule has 0 radical (unpaired) electrons. The molecule has 0 aliphatic carbocycles. The van der Waals surface area contributed by atoms with Crippen molar-refractivity contribution in [2.75, 3.05) is 6.54 Å². The van der Waals surface area contributed by atoms with Crippen molar-refractivity contribution in [2.45, 2.75) is 13.3 Å². The molecule has 0 unspecified atom stereocenters. The summed E-state index contributed by atoms with van der Waals surface area (Å²) in [5.41, 5.74) is 10.8. The molecule has 2 N–H and O–H groups in total. The highest BCUT2D eigenvalue weighted by Gasteiger charge is 2.09. The molecule has 0 saturated heterocycles. The maximum Gasteiger partial charge on any atom is 0.181 e. The van der Waals surface area contributed by atoms with E-state index in [9.17, 15) is 0 Å². The number of nitrogens with two attached hydrogens (primary N) is 1. The van der Waals surface area contributed by atoms with Crippen LogP contribution in [0.15, 0.2) is 35.2 Å². The summed E-state index contributed by atoms with van der Waals surface area (Å²) in [5.74, 6) is 0. The minimum absolute atomic E-state index is 0.568. The summed E-state index contributed by atoms with van der Waals surface area (Å²) >= 11 is 0. The highest BCUT2D eigenvalue weighted by atomic mass is 16.3. The third kappa shape index (κ3) is 2.20. The number of benzene rings is 1. The molecule has 19 heavy (non-hydrogen) atoms. The van der Waals surface area contributed by atoms with Crippen molar-refractivity contribution in [3.63, 3.8) is 0 Å². The van der Waals surface area contributed by atoms with Crippen LogP contribution in [-0.4, -0.2) is 21.5 Å². The number of aromatic nitrogens is 3. The largest absolute Gasteiger partial charge is 0.443 e. The molecule has 0 aliphatic heterocycles. The molecule has 5 nitrogen and oxygen atoms in total. The van der Waals surface area contributed by atoms with Crippen molar-refractivity contribution in [3.05, 3.63) is 42.2 Å². The van der Waals surface area contributed by atoms with E-state index in [2.05, 4.69) is 15.0 Å². The van der Waals surface area contributed by atoms with Gasteiger partial charge in [0, 0.05) is 18.2 Å². The van der Waals surface area contributed by atoms with E-state index < -0.39 is 0 Å². The molecule has 0 atom stereocenters. The second-order valence-corrected chi connectivity index (χ2v) is 4.37. The fourth-order valence-electron chi connectivity index (χ4n) is 2.03. The number of fused-ring (bicyclic) bond motifs is 1. The lowest BCUT2D eigenvalue weighted by molar-refractivity contribution is 0.602. The predicted molar refractivity (Wildman–Crippen MR) is 72.5 cm³/mol. The van der Waals surface area contributed by atoms with Crippen LogP contribution in [0.3, 0.4) is 0 Å². The van der Waals surface area contributed by atoms with E-state index in [4.69, 9.17) is 10.2 Å². The molecule has 2 heterocycles. The van der Waals surface area contributed by atoms with Gasteiger partial charge in [0.15, 0.2) is 12.0 Å². The summed E-state index contributed by atoms with van der Waals surface area (Å²) in [6.07, 6.45) is 3.95. The van der Waals surface area contributed by atoms with Crippen molar-refractivity contribution < 1.29 is 4.42 Å². The van der Waals surface area contributed by atoms with Gasteiger partial charge in [0.2, 0.25) is 0 Å². The Morgan fingerprint density at radius 1 is 1.26 bits per heavy atom. The molecule has 1 aromatic carbocycles. The first-order chi connectivity index (χ1) is 9.28. The second-order valence-electron chi connectivity index (χ2n) is 4.37. The van der Waals surface area contributed by atoms with Crippen LogP contribution in [0.1, 0.15) is 11.4 Å². The van der Waals surface area contributed by atoms with Crippen LogP contribution in [0, 0.1) is 6.92 Å². The number of nitrogens with zero attached hydrogens (tertiary/aromatic N) is 3. The molecule has 0 aliphatic rings. The molecule has 0 spiro atoms. The number of hydrogen-bond donors (Lipinski definition) is 1. The summed E-state index contributed by atoms with van der Waals surface area (Å²) < 4.78 is 5.32. The standard InChI is InChI=1S/C14H14N4O/c1-9-14(18-11(4-5-15)7-16-9)10-2-3-12-13(6-10)19-8-17-12/h2-3,6-8H,4-5,15H2,1H3. The predicted octanol–water partition coefficient (Wildman–Crippen LogP) is 2.09. The first-order valence-electron chi connectivity index (χ1n) is 6.14. The first-order valence-corrected chi connectivity index (χ1v) is 6.14. The molecule has 96 valence electrons. The Kier molecular flexibility index (Phi) is 2.97. The Bertz CT molecular complexity index is 720. The average Bonchev–Trinajstić information content (AvgIpc) is 2.88. The van der Waals surface area contributed by atoms with Gasteiger partial charge in [0.05, 0.1) is 17.1 Å². The van der Waals surface area contributed by atoms with Crippen molar-refractivity contribution in [1.82, 2.24) is 15.0 Å². The SMILES string of the molecule is Cc1ncc(CCN)nc1-c1ccc2ncoc2c1. The molecule has 3 aromatic rings. The second kappa shape index (κ2) is 4.78. The lowest BCUT2D eigenvalue weighted by Gasteiger charge is -2.06. The third-order valence-electron chi connectivity index (χ3n) is 3.01. The van der Waals surface area contributed by atoms with Gasteiger partial charge >= 0.3 is 0 Å². The average molecular weight is 254 g/mol. The Hall–Kier alpha value is -2.27. The fraction of sp³-hybridized carbons (Fsp3) is 0.214. The van der Waals surface area contributed by atoms with Crippen LogP contribution in [0.4, 0.5) is 0 Å². The molecule has 2 aromatic heterocycles. The van der Waals surface area contributed by atoms with Gasteiger partial charge in [-0.1, -0.05) is 6.07 Å². The van der Waals surface area contributed by atoms with Gasteiger partial charge in [-0.3, -0.25) is 4.98 Å². The third-order valence-corrected chi connectivity index (χ3v) is 3.01. The first kappa shape index (κ1) is 11.8. The molecule has 0 bridgehead atoms. The summed E-state index contributed by atoms with van der Waals surface area (Å²) in [5, 5.41) is 0. The molecule has 0 saturated carbocycles. The van der Waals surface area contributed by atoms with E-state index in [1.165, 1.54) is 6.39 Å². The van der Waals surface area contributed by atoms with Crippen molar-refractivity contribution in [2.24, 2.45) is 5.73 Å². The van der Waals surface area contributed by atoms with Gasteiger partial charge in [-0.25, -0.2) is 9.97 Å². The van der Waals surface area contributed by atoms with E-state index in [0.717, 1.165) is 40.2 Å². The number of aryl methyl sites for hydroxylation is 1. The maximum atomic E-state index is 5.56. The lowest BCUT2D eigenvalue weighted by atomic mass is 10.1. The number of hydrogen-bond acceptors (Lipinski definition) is 5. The lowest BCUT2D eigenvalue weighted by Crippen LogP contribution is -2.06. The van der Waals surface area contributed by atoms with Crippen LogP contribution in [-0.2, 0) is 6.42 Å². The van der Waals surface area contributed by atoms with E-state index >= 15 is 0 Å². The van der Waals surface area contributed by atoms with Crippen LogP contribution in [0.25, 0.3) is 22.4 Å². The zero-order valence-corrected chi connectivity index (χ0v) is 10.6. The van der Waals surface area contributed by atoms with Gasteiger partial charge < -0.3 is 10.2 Å². The van der Waals surface area contributed by atoms with E-state index in [-0.39, 0.29) is 0 Å². The molecule has 5 heteroatoms. The minimum Gasteiger partial charge on any atom is -0.443 e. The van der Waals surface area contributed by atoms with Gasteiger partial charge in [-0.2, -0.15) is 0 Å². The Morgan fingerprint density at radius 2 is 2.16 bits per heavy atom. The maximum absolute atomic E-state index is 5.56. The summed E-state index contributed by atoms with van der Waals surface area (Å²) in [7, 11) is 0. The zero-order chi connectivity index (χ0) is 13.2. The van der Waals surface area contributed by atoms with Gasteiger partial charge in [-0.05, 0) is 25.6 Å². The van der Waals surface area contributed by atoms with Crippen molar-refractivity contribution in [1.29, 1.82) is 0 Å². The van der Waals surface area contributed by atoms with Gasteiger partial charge in [0.25, 0.3) is 0 Å². The van der Waals surface area contributed by atoms with E-state index in [0.29, 0.717) is 6.54 Å². The normalized spacial score (nSPS) is 11.1. The number of rotatable bonds is 3. The number of oxazole rings is 1. The molecule has 0 amide bonds. The molecular weight excluding hydrogens is 240 g/mol. The summed E-state index contributed by atoms with van der Waals surface area (Å²) in [6.45, 7) is 2.51. The van der Waals surface area contributed by atoms with Crippen molar-refractivity contribution in [3.8, 4) is 11.3 Å². The Labute approximate surface area is 110 Å². The highest BCUT2D eigenvalue weighted by molar-refractivity contribution is 5.79. The fourth-order valence-corrected chi connectivity index (χ4v) is 2.03. The highest BCUT2D eigenvalue weighted by Crippen LogP contribution is 2.24. The van der Waals surface area contributed by atoms with Crippen LogP contribution >= 0.6 is 0 Å². The van der Waals surface area contributed by atoms with Gasteiger partial charge in [0.1, 0.15) is 5.52 Å². The van der Waals surface area contributed by atoms with Crippen molar-refractivity contribution >= 4 is 11.1 Å². The van der Waals surface area contributed by atoms with Crippen LogP contribution in [0.5, 0.6) is 0 Å². The topological polar surface area (TPSA) is 77.8 Å². The van der Waals surface area contributed by atoms with Gasteiger partial charge in [-0.15, -0.1) is 0 Å².